The fourth-order valence-electron chi connectivity index (χ4n) is 1.42. The molecular formula is C13H7F3N2O. The molecule has 0 aliphatic carbocycles. The average molecular weight is 264 g/mol. The Balaban J connectivity index is 2.42. The minimum absolute atomic E-state index is 0.0769. The molecule has 0 heterocycles. The molecule has 0 bridgehead atoms. The summed E-state index contributed by atoms with van der Waals surface area (Å²) in [6, 6.07) is 6.35. The number of nitrogen functional groups attached to an aromatic ring is 1. The van der Waals surface area contributed by atoms with Gasteiger partial charge in [0, 0.05) is 12.1 Å². The van der Waals surface area contributed by atoms with Gasteiger partial charge in [-0.2, -0.15) is 5.26 Å². The van der Waals surface area contributed by atoms with Crippen molar-refractivity contribution in [3.05, 3.63) is 53.3 Å². The van der Waals surface area contributed by atoms with E-state index < -0.39 is 23.2 Å². The zero-order chi connectivity index (χ0) is 14.0. The van der Waals surface area contributed by atoms with Gasteiger partial charge in [0.15, 0.2) is 11.6 Å². The normalized spacial score (nSPS) is 10.0. The number of benzene rings is 2. The van der Waals surface area contributed by atoms with Gasteiger partial charge >= 0.3 is 0 Å². The number of rotatable bonds is 2. The first-order valence-corrected chi connectivity index (χ1v) is 5.13. The number of halogens is 3. The lowest BCUT2D eigenvalue weighted by molar-refractivity contribution is 0.435. The van der Waals surface area contributed by atoms with Gasteiger partial charge in [0.2, 0.25) is 0 Å². The van der Waals surface area contributed by atoms with E-state index in [9.17, 15) is 13.2 Å². The Kier molecular flexibility index (Phi) is 3.29. The van der Waals surface area contributed by atoms with Gasteiger partial charge in [-0.15, -0.1) is 0 Å². The molecule has 2 rings (SSSR count). The Bertz CT molecular complexity index is 680. The maximum Gasteiger partial charge on any atom is 0.167 e. The number of anilines is 1. The van der Waals surface area contributed by atoms with E-state index in [4.69, 9.17) is 15.7 Å². The maximum atomic E-state index is 13.5. The number of hydrogen-bond donors (Lipinski definition) is 1. The van der Waals surface area contributed by atoms with Crippen molar-refractivity contribution in [1.82, 2.24) is 0 Å². The largest absolute Gasteiger partial charge is 0.453 e. The Morgan fingerprint density at radius 1 is 1.00 bits per heavy atom. The van der Waals surface area contributed by atoms with E-state index in [1.165, 1.54) is 0 Å². The molecule has 0 fully saturated rings. The summed E-state index contributed by atoms with van der Waals surface area (Å²) in [4.78, 5) is 0. The molecule has 0 saturated carbocycles. The first-order valence-electron chi connectivity index (χ1n) is 5.13. The van der Waals surface area contributed by atoms with Crippen molar-refractivity contribution in [1.29, 1.82) is 5.26 Å². The van der Waals surface area contributed by atoms with Crippen LogP contribution in [0.2, 0.25) is 0 Å². The average Bonchev–Trinajstić information content (AvgIpc) is 2.37. The Hall–Kier alpha value is -2.68. The van der Waals surface area contributed by atoms with Crippen molar-refractivity contribution >= 4 is 5.69 Å². The van der Waals surface area contributed by atoms with Gasteiger partial charge in [-0.05, 0) is 18.2 Å². The van der Waals surface area contributed by atoms with Crippen LogP contribution in [0.15, 0.2) is 30.3 Å². The zero-order valence-corrected chi connectivity index (χ0v) is 9.45. The maximum absolute atomic E-state index is 13.5. The van der Waals surface area contributed by atoms with Crippen LogP contribution in [0.3, 0.4) is 0 Å². The highest BCUT2D eigenvalue weighted by Gasteiger charge is 2.12. The number of nitrogens with zero attached hydrogens (tertiary/aromatic N) is 1. The van der Waals surface area contributed by atoms with E-state index in [0.29, 0.717) is 0 Å². The highest BCUT2D eigenvalue weighted by atomic mass is 19.1. The Morgan fingerprint density at radius 3 is 2.42 bits per heavy atom. The summed E-state index contributed by atoms with van der Waals surface area (Å²) in [5.74, 6) is -2.88. The minimum Gasteiger partial charge on any atom is -0.453 e. The third-order valence-corrected chi connectivity index (χ3v) is 2.33. The van der Waals surface area contributed by atoms with E-state index in [-0.39, 0.29) is 17.0 Å². The first-order chi connectivity index (χ1) is 9.01. The summed E-state index contributed by atoms with van der Waals surface area (Å²) in [6.45, 7) is 0. The smallest absolute Gasteiger partial charge is 0.167 e. The van der Waals surface area contributed by atoms with Crippen LogP contribution in [0.1, 0.15) is 5.56 Å². The van der Waals surface area contributed by atoms with Gasteiger partial charge in [-0.1, -0.05) is 0 Å². The molecule has 0 spiro atoms. The van der Waals surface area contributed by atoms with Crippen molar-refractivity contribution in [3.8, 4) is 17.6 Å². The molecule has 0 aromatic heterocycles. The Labute approximate surface area is 106 Å². The summed E-state index contributed by atoms with van der Waals surface area (Å²) >= 11 is 0. The minimum atomic E-state index is -0.882. The molecule has 0 radical (unpaired) electrons. The summed E-state index contributed by atoms with van der Waals surface area (Å²) in [6.07, 6.45) is 0. The molecule has 96 valence electrons. The highest BCUT2D eigenvalue weighted by Crippen LogP contribution is 2.30. The van der Waals surface area contributed by atoms with Gasteiger partial charge in [0.25, 0.3) is 0 Å². The fourth-order valence-corrected chi connectivity index (χ4v) is 1.42. The predicted molar refractivity (Wildman–Crippen MR) is 62.0 cm³/mol. The van der Waals surface area contributed by atoms with Crippen LogP contribution in [0.4, 0.5) is 18.9 Å². The number of ether oxygens (including phenoxy) is 1. The molecule has 0 unspecified atom stereocenters. The molecule has 3 nitrogen and oxygen atoms in total. The second-order valence-corrected chi connectivity index (χ2v) is 3.66. The van der Waals surface area contributed by atoms with Crippen LogP contribution >= 0.6 is 0 Å². The van der Waals surface area contributed by atoms with Gasteiger partial charge in [-0.3, -0.25) is 0 Å². The molecule has 2 aromatic carbocycles. The predicted octanol–water partition coefficient (Wildman–Crippen LogP) is 3.35. The SMILES string of the molecule is N#Cc1cc(F)ccc1Oc1cc(F)c(N)cc1F. The van der Waals surface area contributed by atoms with Crippen LogP contribution in [0.5, 0.6) is 11.5 Å². The standard InChI is InChI=1S/C13H7F3N2O/c14-8-1-2-12(7(3-8)6-17)19-13-5-9(15)11(18)4-10(13)16/h1-5H,18H2. The summed E-state index contributed by atoms with van der Waals surface area (Å²) in [5.41, 5.74) is 4.70. The first kappa shape index (κ1) is 12.8. The quantitative estimate of drug-likeness (QED) is 0.846. The zero-order valence-electron chi connectivity index (χ0n) is 9.45. The topological polar surface area (TPSA) is 59.0 Å². The van der Waals surface area contributed by atoms with Crippen molar-refractivity contribution in [3.63, 3.8) is 0 Å². The van der Waals surface area contributed by atoms with Crippen molar-refractivity contribution in [2.75, 3.05) is 5.73 Å². The molecule has 0 amide bonds. The lowest BCUT2D eigenvalue weighted by atomic mass is 10.2. The molecule has 0 aliphatic rings. The third-order valence-electron chi connectivity index (χ3n) is 2.33. The fraction of sp³-hybridized carbons (Fsp3) is 0. The van der Waals surface area contributed by atoms with Gasteiger partial charge in [0.1, 0.15) is 23.5 Å². The van der Waals surface area contributed by atoms with Gasteiger partial charge < -0.3 is 10.5 Å². The molecule has 2 N–H and O–H groups in total. The monoisotopic (exact) mass is 264 g/mol. The van der Waals surface area contributed by atoms with E-state index in [2.05, 4.69) is 0 Å². The van der Waals surface area contributed by atoms with Crippen LogP contribution in [0.25, 0.3) is 0 Å². The molecular weight excluding hydrogens is 257 g/mol. The molecule has 19 heavy (non-hydrogen) atoms. The van der Waals surface area contributed by atoms with Crippen molar-refractivity contribution < 1.29 is 17.9 Å². The summed E-state index contributed by atoms with van der Waals surface area (Å²) < 4.78 is 44.7. The molecule has 0 atom stereocenters. The molecule has 6 heteroatoms. The van der Waals surface area contributed by atoms with Gasteiger partial charge in [-0.25, -0.2) is 13.2 Å². The van der Waals surface area contributed by atoms with E-state index in [0.717, 1.165) is 30.3 Å². The van der Waals surface area contributed by atoms with E-state index >= 15 is 0 Å². The van der Waals surface area contributed by atoms with Gasteiger partial charge in [0.05, 0.1) is 11.3 Å². The molecule has 0 aliphatic heterocycles. The molecule has 0 saturated heterocycles. The van der Waals surface area contributed by atoms with Crippen LogP contribution in [-0.4, -0.2) is 0 Å². The van der Waals surface area contributed by atoms with E-state index in [1.54, 1.807) is 6.07 Å². The van der Waals surface area contributed by atoms with Crippen LogP contribution < -0.4 is 10.5 Å². The Morgan fingerprint density at radius 2 is 1.74 bits per heavy atom. The summed E-state index contributed by atoms with van der Waals surface area (Å²) in [5, 5.41) is 8.80. The second-order valence-electron chi connectivity index (χ2n) is 3.66. The second kappa shape index (κ2) is 4.90. The van der Waals surface area contributed by atoms with Crippen LogP contribution in [-0.2, 0) is 0 Å². The van der Waals surface area contributed by atoms with Crippen LogP contribution in [0, 0.1) is 28.8 Å². The van der Waals surface area contributed by atoms with E-state index in [1.807, 2.05) is 0 Å². The third kappa shape index (κ3) is 2.60. The molecule has 2 aromatic rings. The number of nitriles is 1. The van der Waals surface area contributed by atoms with Crippen molar-refractivity contribution in [2.45, 2.75) is 0 Å². The van der Waals surface area contributed by atoms with Crippen molar-refractivity contribution in [2.24, 2.45) is 0 Å². The lowest BCUT2D eigenvalue weighted by Gasteiger charge is -2.09. The summed E-state index contributed by atoms with van der Waals surface area (Å²) in [7, 11) is 0. The number of hydrogen-bond acceptors (Lipinski definition) is 3. The lowest BCUT2D eigenvalue weighted by Crippen LogP contribution is -1.96. The number of nitrogens with two attached hydrogens (primary N) is 1. The highest BCUT2D eigenvalue weighted by molar-refractivity contribution is 5.49.